The number of nitrogens with one attached hydrogen (secondary N) is 2. The van der Waals surface area contributed by atoms with Gasteiger partial charge in [0.25, 0.3) is 11.6 Å². The van der Waals surface area contributed by atoms with Crippen LogP contribution in [0, 0.1) is 10.1 Å². The third-order valence-corrected chi connectivity index (χ3v) is 2.00. The Morgan fingerprint density at radius 2 is 1.86 bits per heavy atom. The number of carbonyl (C=O) groups is 2. The monoisotopic (exact) mass is 305 g/mol. The molecule has 21 heavy (non-hydrogen) atoms. The zero-order valence-electron chi connectivity index (χ0n) is 11.3. The van der Waals surface area contributed by atoms with E-state index in [0.717, 1.165) is 6.07 Å². The van der Waals surface area contributed by atoms with Crippen LogP contribution in [0.2, 0.25) is 0 Å². The molecule has 0 atom stereocenters. The molecular weight excluding hydrogens is 289 g/mol. The average molecular weight is 305 g/mol. The first-order chi connectivity index (χ1) is 9.19. The number of benzene rings is 1. The number of rotatable bonds is 2. The fourth-order valence-electron chi connectivity index (χ4n) is 1.24. The number of hydrogen-bond acceptors (Lipinski definition) is 5. The molecular formula is C12H16N3NaO5. The van der Waals surface area contributed by atoms with E-state index in [1.165, 1.54) is 18.2 Å². The van der Waals surface area contributed by atoms with Gasteiger partial charge in [-0.05, 0) is 26.8 Å². The van der Waals surface area contributed by atoms with Gasteiger partial charge >= 0.3 is 35.7 Å². The van der Waals surface area contributed by atoms with Gasteiger partial charge in [0.15, 0.2) is 0 Å². The number of hydrogen-bond donors (Lipinski definition) is 2. The third-order valence-electron chi connectivity index (χ3n) is 2.00. The van der Waals surface area contributed by atoms with Crippen molar-refractivity contribution in [2.45, 2.75) is 26.4 Å². The van der Waals surface area contributed by atoms with Gasteiger partial charge in [0, 0.05) is 17.7 Å². The van der Waals surface area contributed by atoms with Gasteiger partial charge in [-0.3, -0.25) is 20.3 Å². The molecule has 1 aromatic carbocycles. The Labute approximate surface area is 143 Å². The second-order valence-electron chi connectivity index (χ2n) is 4.89. The molecule has 1 aromatic rings. The zero-order valence-corrected chi connectivity index (χ0v) is 11.3. The molecule has 0 saturated carbocycles. The Balaban J connectivity index is 0.00000400. The quantitative estimate of drug-likeness (QED) is 0.483. The van der Waals surface area contributed by atoms with Crippen molar-refractivity contribution < 1.29 is 19.2 Å². The standard InChI is InChI=1S/C12H15N3O5.Na.H/c1-12(2,3)20-11(17)14-13-10(16)8-5-4-6-9(7-8)15(18)19;;/h4-7H,1-3H3,(H,13,16)(H,14,17);;. The number of amides is 2. The normalized spacial score (nSPS) is 10.0. The second-order valence-corrected chi connectivity index (χ2v) is 4.89. The van der Waals surface area contributed by atoms with Gasteiger partial charge < -0.3 is 4.74 Å². The Kier molecular flexibility index (Phi) is 7.34. The molecule has 0 unspecified atom stereocenters. The van der Waals surface area contributed by atoms with Gasteiger partial charge in [-0.2, -0.15) is 0 Å². The summed E-state index contributed by atoms with van der Waals surface area (Å²) in [6.07, 6.45) is -0.823. The number of nitro groups is 1. The van der Waals surface area contributed by atoms with Crippen LogP contribution in [0.15, 0.2) is 24.3 Å². The van der Waals surface area contributed by atoms with Crippen LogP contribution >= 0.6 is 0 Å². The molecule has 0 radical (unpaired) electrons. The van der Waals surface area contributed by atoms with Gasteiger partial charge in [0.1, 0.15) is 5.60 Å². The zero-order chi connectivity index (χ0) is 15.3. The van der Waals surface area contributed by atoms with Crippen molar-refractivity contribution in [2.24, 2.45) is 0 Å². The summed E-state index contributed by atoms with van der Waals surface area (Å²) < 4.78 is 4.91. The van der Waals surface area contributed by atoms with Crippen molar-refractivity contribution in [3.63, 3.8) is 0 Å². The Morgan fingerprint density at radius 1 is 1.24 bits per heavy atom. The van der Waals surface area contributed by atoms with Crippen LogP contribution in [0.3, 0.4) is 0 Å². The first kappa shape index (κ1) is 19.4. The van der Waals surface area contributed by atoms with E-state index in [0.29, 0.717) is 0 Å². The van der Waals surface area contributed by atoms with Crippen LogP contribution in [0.5, 0.6) is 0 Å². The molecule has 2 N–H and O–H groups in total. The molecule has 0 aliphatic rings. The topological polar surface area (TPSA) is 111 Å². The summed E-state index contributed by atoms with van der Waals surface area (Å²) in [5, 5.41) is 10.6. The molecule has 0 aliphatic carbocycles. The Morgan fingerprint density at radius 3 is 2.38 bits per heavy atom. The summed E-state index contributed by atoms with van der Waals surface area (Å²) in [5.74, 6) is -0.681. The van der Waals surface area contributed by atoms with Gasteiger partial charge in [-0.15, -0.1) is 0 Å². The van der Waals surface area contributed by atoms with Gasteiger partial charge in [0.05, 0.1) is 4.92 Å². The summed E-state index contributed by atoms with van der Waals surface area (Å²) in [7, 11) is 0. The first-order valence-electron chi connectivity index (χ1n) is 5.73. The van der Waals surface area contributed by atoms with E-state index in [4.69, 9.17) is 4.74 Å². The maximum absolute atomic E-state index is 11.7. The molecule has 0 bridgehead atoms. The van der Waals surface area contributed by atoms with Crippen molar-refractivity contribution >= 4 is 47.2 Å². The first-order valence-corrected chi connectivity index (χ1v) is 5.73. The fraction of sp³-hybridized carbons (Fsp3) is 0.333. The van der Waals surface area contributed by atoms with Crippen LogP contribution < -0.4 is 10.9 Å². The minimum absolute atomic E-state index is 0. The van der Waals surface area contributed by atoms with E-state index in [1.54, 1.807) is 20.8 Å². The van der Waals surface area contributed by atoms with Gasteiger partial charge in [-0.25, -0.2) is 10.2 Å². The number of nitro benzene ring substituents is 1. The van der Waals surface area contributed by atoms with E-state index in [9.17, 15) is 19.7 Å². The van der Waals surface area contributed by atoms with Crippen LogP contribution in [0.25, 0.3) is 0 Å². The summed E-state index contributed by atoms with van der Waals surface area (Å²) in [6, 6.07) is 5.13. The van der Waals surface area contributed by atoms with Crippen LogP contribution in [0.1, 0.15) is 31.1 Å². The molecule has 110 valence electrons. The van der Waals surface area contributed by atoms with E-state index in [2.05, 4.69) is 10.9 Å². The van der Waals surface area contributed by atoms with Gasteiger partial charge in [-0.1, -0.05) is 6.07 Å². The van der Waals surface area contributed by atoms with Crippen LogP contribution in [-0.4, -0.2) is 52.1 Å². The van der Waals surface area contributed by atoms with Crippen LogP contribution in [-0.2, 0) is 4.74 Å². The molecule has 0 spiro atoms. The molecule has 2 amide bonds. The Bertz CT molecular complexity index is 542. The predicted molar refractivity (Wildman–Crippen MR) is 77.1 cm³/mol. The van der Waals surface area contributed by atoms with Crippen molar-refractivity contribution in [1.29, 1.82) is 0 Å². The maximum atomic E-state index is 11.7. The molecule has 0 aliphatic heterocycles. The Hall–Kier alpha value is -1.64. The number of ether oxygens (including phenoxy) is 1. The fourth-order valence-corrected chi connectivity index (χ4v) is 1.24. The molecule has 0 fully saturated rings. The minimum atomic E-state index is -0.823. The van der Waals surface area contributed by atoms with Crippen molar-refractivity contribution in [2.75, 3.05) is 0 Å². The molecule has 0 heterocycles. The van der Waals surface area contributed by atoms with Crippen molar-refractivity contribution in [3.8, 4) is 0 Å². The predicted octanol–water partition coefficient (Wildman–Crippen LogP) is 1.12. The van der Waals surface area contributed by atoms with Crippen LogP contribution in [0.4, 0.5) is 10.5 Å². The average Bonchev–Trinajstić information content (AvgIpc) is 2.34. The second kappa shape index (κ2) is 7.96. The van der Waals surface area contributed by atoms with E-state index < -0.39 is 22.5 Å². The summed E-state index contributed by atoms with van der Waals surface area (Å²) >= 11 is 0. The number of non-ortho nitro benzene ring substituents is 1. The van der Waals surface area contributed by atoms with E-state index in [-0.39, 0.29) is 40.8 Å². The third kappa shape index (κ3) is 7.07. The SMILES string of the molecule is CC(C)(C)OC(=O)NNC(=O)c1cccc([N+](=O)[O-])c1.[NaH]. The molecule has 8 nitrogen and oxygen atoms in total. The van der Waals surface area contributed by atoms with Crippen molar-refractivity contribution in [1.82, 2.24) is 10.9 Å². The van der Waals surface area contributed by atoms with Crippen molar-refractivity contribution in [3.05, 3.63) is 39.9 Å². The number of nitrogens with zero attached hydrogens (tertiary/aromatic N) is 1. The van der Waals surface area contributed by atoms with Gasteiger partial charge in [0.2, 0.25) is 0 Å². The number of hydrazine groups is 1. The molecule has 0 aromatic heterocycles. The molecule has 0 saturated heterocycles. The summed E-state index contributed by atoms with van der Waals surface area (Å²) in [5.41, 5.74) is 3.30. The number of carbonyl (C=O) groups excluding carboxylic acids is 2. The molecule has 1 rings (SSSR count). The summed E-state index contributed by atoms with van der Waals surface area (Å²) in [4.78, 5) is 33.0. The van der Waals surface area contributed by atoms with E-state index in [1.807, 2.05) is 0 Å². The summed E-state index contributed by atoms with van der Waals surface area (Å²) in [6.45, 7) is 5.03. The van der Waals surface area contributed by atoms with E-state index >= 15 is 0 Å². The molecule has 9 heteroatoms.